The summed E-state index contributed by atoms with van der Waals surface area (Å²) in [5, 5.41) is 8.81. The van der Waals surface area contributed by atoms with Gasteiger partial charge in [0.05, 0.1) is 19.8 Å². The standard InChI is InChI=1S/C10H12O3.C10H12O2/c1-7-4-5-9(12-2)8(6-7)10(11)13-3;1-6-4-7(2)8(3)9(5-6)10(11)12/h4-6H,1-3H3;4-5H,1-3H3,(H,11,12). The molecule has 0 atom stereocenters. The smallest absolute Gasteiger partial charge is 0.341 e. The van der Waals surface area contributed by atoms with Crippen LogP contribution in [0, 0.1) is 27.7 Å². The third-order valence-corrected chi connectivity index (χ3v) is 3.80. The number of carboxylic acids is 1. The molecule has 25 heavy (non-hydrogen) atoms. The molecule has 0 spiro atoms. The van der Waals surface area contributed by atoms with Crippen molar-refractivity contribution in [3.05, 3.63) is 63.7 Å². The van der Waals surface area contributed by atoms with E-state index in [1.807, 2.05) is 39.8 Å². The topological polar surface area (TPSA) is 72.8 Å². The molecule has 0 fully saturated rings. The van der Waals surface area contributed by atoms with Crippen molar-refractivity contribution in [1.82, 2.24) is 0 Å². The Hall–Kier alpha value is -2.82. The quantitative estimate of drug-likeness (QED) is 0.849. The molecule has 0 aromatic heterocycles. The Kier molecular flexibility index (Phi) is 7.18. The molecule has 0 radical (unpaired) electrons. The molecular weight excluding hydrogens is 320 g/mol. The minimum absolute atomic E-state index is 0.374. The maximum atomic E-state index is 11.2. The van der Waals surface area contributed by atoms with E-state index in [0.717, 1.165) is 22.3 Å². The number of carbonyl (C=O) groups excluding carboxylic acids is 1. The van der Waals surface area contributed by atoms with E-state index in [4.69, 9.17) is 9.84 Å². The molecule has 0 aliphatic carbocycles. The number of ether oxygens (including phenoxy) is 2. The van der Waals surface area contributed by atoms with Gasteiger partial charge in [-0.2, -0.15) is 0 Å². The fourth-order valence-electron chi connectivity index (χ4n) is 2.35. The van der Waals surface area contributed by atoms with Crippen LogP contribution >= 0.6 is 0 Å². The van der Waals surface area contributed by atoms with Gasteiger partial charge in [0, 0.05) is 0 Å². The summed E-state index contributed by atoms with van der Waals surface area (Å²) in [6, 6.07) is 9.06. The van der Waals surface area contributed by atoms with E-state index in [2.05, 4.69) is 4.74 Å². The molecule has 5 nitrogen and oxygen atoms in total. The Labute approximate surface area is 148 Å². The molecule has 1 N–H and O–H groups in total. The number of aryl methyl sites for hydroxylation is 3. The van der Waals surface area contributed by atoms with Crippen molar-refractivity contribution in [2.45, 2.75) is 27.7 Å². The number of benzene rings is 2. The number of hydrogen-bond acceptors (Lipinski definition) is 4. The Morgan fingerprint density at radius 3 is 2.00 bits per heavy atom. The second-order valence-corrected chi connectivity index (χ2v) is 5.75. The molecule has 0 bridgehead atoms. The third-order valence-electron chi connectivity index (χ3n) is 3.80. The van der Waals surface area contributed by atoms with Crippen LogP contribution in [0.3, 0.4) is 0 Å². The molecule has 0 unspecified atom stereocenters. The van der Waals surface area contributed by atoms with Gasteiger partial charge in [0.1, 0.15) is 11.3 Å². The molecule has 2 rings (SSSR count). The zero-order valence-corrected chi connectivity index (χ0v) is 15.5. The lowest BCUT2D eigenvalue weighted by molar-refractivity contribution is 0.0596. The van der Waals surface area contributed by atoms with E-state index in [1.54, 1.807) is 18.2 Å². The molecular formula is C20H24O5. The lowest BCUT2D eigenvalue weighted by Crippen LogP contribution is -2.04. The second kappa shape index (κ2) is 8.87. The predicted octanol–water partition coefficient (Wildman–Crippen LogP) is 4.10. The lowest BCUT2D eigenvalue weighted by Gasteiger charge is -2.06. The average Bonchev–Trinajstić information content (AvgIpc) is 2.57. The number of esters is 1. The first-order chi connectivity index (χ1) is 11.7. The molecule has 134 valence electrons. The molecule has 0 aliphatic heterocycles. The lowest BCUT2D eigenvalue weighted by atomic mass is 10.0. The summed E-state index contributed by atoms with van der Waals surface area (Å²) in [5.41, 5.74) is 4.76. The van der Waals surface area contributed by atoms with Crippen molar-refractivity contribution in [3.63, 3.8) is 0 Å². The van der Waals surface area contributed by atoms with Gasteiger partial charge in [0.25, 0.3) is 0 Å². The maximum absolute atomic E-state index is 11.2. The highest BCUT2D eigenvalue weighted by molar-refractivity contribution is 5.92. The zero-order valence-electron chi connectivity index (χ0n) is 15.5. The van der Waals surface area contributed by atoms with E-state index in [9.17, 15) is 9.59 Å². The summed E-state index contributed by atoms with van der Waals surface area (Å²) in [6.07, 6.45) is 0. The van der Waals surface area contributed by atoms with Gasteiger partial charge in [-0.15, -0.1) is 0 Å². The van der Waals surface area contributed by atoms with Crippen LogP contribution in [-0.4, -0.2) is 31.3 Å². The van der Waals surface area contributed by atoms with Crippen molar-refractivity contribution < 1.29 is 24.2 Å². The third kappa shape index (κ3) is 5.35. The second-order valence-electron chi connectivity index (χ2n) is 5.75. The monoisotopic (exact) mass is 344 g/mol. The Bertz CT molecular complexity index is 778. The highest BCUT2D eigenvalue weighted by Gasteiger charge is 2.11. The van der Waals surface area contributed by atoms with Gasteiger partial charge in [-0.25, -0.2) is 9.59 Å². The van der Waals surface area contributed by atoms with E-state index in [0.29, 0.717) is 16.9 Å². The normalized spacial score (nSPS) is 9.68. The molecule has 0 aliphatic rings. The van der Waals surface area contributed by atoms with E-state index >= 15 is 0 Å². The fourth-order valence-corrected chi connectivity index (χ4v) is 2.35. The average molecular weight is 344 g/mol. The number of methoxy groups -OCH3 is 2. The molecule has 2 aromatic carbocycles. The first kappa shape index (κ1) is 20.2. The number of carboxylic acid groups (broad SMARTS) is 1. The molecule has 5 heteroatoms. The van der Waals surface area contributed by atoms with Gasteiger partial charge in [-0.3, -0.25) is 0 Å². The van der Waals surface area contributed by atoms with Crippen molar-refractivity contribution in [1.29, 1.82) is 0 Å². The van der Waals surface area contributed by atoms with E-state index in [1.165, 1.54) is 14.2 Å². The summed E-state index contributed by atoms with van der Waals surface area (Å²) >= 11 is 0. The summed E-state index contributed by atoms with van der Waals surface area (Å²) < 4.78 is 9.64. The van der Waals surface area contributed by atoms with Crippen LogP contribution in [-0.2, 0) is 4.74 Å². The number of carbonyl (C=O) groups is 2. The summed E-state index contributed by atoms with van der Waals surface area (Å²) in [6.45, 7) is 7.57. The van der Waals surface area contributed by atoms with E-state index < -0.39 is 5.97 Å². The minimum atomic E-state index is -0.848. The van der Waals surface area contributed by atoms with Crippen LogP contribution in [0.1, 0.15) is 43.0 Å². The largest absolute Gasteiger partial charge is 0.496 e. The fraction of sp³-hybridized carbons (Fsp3) is 0.300. The van der Waals surface area contributed by atoms with Crippen LogP contribution in [0.25, 0.3) is 0 Å². The van der Waals surface area contributed by atoms with Crippen molar-refractivity contribution in [2.24, 2.45) is 0 Å². The summed E-state index contributed by atoms with van der Waals surface area (Å²) in [7, 11) is 2.88. The van der Waals surface area contributed by atoms with Crippen molar-refractivity contribution in [2.75, 3.05) is 14.2 Å². The predicted molar refractivity (Wildman–Crippen MR) is 96.7 cm³/mol. The van der Waals surface area contributed by atoms with Gasteiger partial charge in [-0.05, 0) is 62.6 Å². The minimum Gasteiger partial charge on any atom is -0.496 e. The SMILES string of the molecule is COC(=O)c1cc(C)ccc1OC.Cc1cc(C)c(C)c(C(=O)O)c1. The molecule has 0 amide bonds. The van der Waals surface area contributed by atoms with Gasteiger partial charge in [-0.1, -0.05) is 17.7 Å². The molecule has 0 saturated heterocycles. The molecule has 0 saturated carbocycles. The Morgan fingerprint density at radius 1 is 0.880 bits per heavy atom. The van der Waals surface area contributed by atoms with E-state index in [-0.39, 0.29) is 5.97 Å². The van der Waals surface area contributed by atoms with Gasteiger partial charge in [0.2, 0.25) is 0 Å². The molecule has 0 heterocycles. The summed E-state index contributed by atoms with van der Waals surface area (Å²) in [5.74, 6) is -0.683. The first-order valence-corrected chi connectivity index (χ1v) is 7.75. The first-order valence-electron chi connectivity index (χ1n) is 7.75. The molecule has 2 aromatic rings. The van der Waals surface area contributed by atoms with Crippen molar-refractivity contribution >= 4 is 11.9 Å². The Morgan fingerprint density at radius 2 is 1.48 bits per heavy atom. The van der Waals surface area contributed by atoms with Crippen LogP contribution in [0.4, 0.5) is 0 Å². The van der Waals surface area contributed by atoms with Crippen LogP contribution in [0.15, 0.2) is 30.3 Å². The number of aromatic carboxylic acids is 1. The van der Waals surface area contributed by atoms with Crippen LogP contribution < -0.4 is 4.74 Å². The van der Waals surface area contributed by atoms with Gasteiger partial charge < -0.3 is 14.6 Å². The Balaban J connectivity index is 0.000000251. The number of hydrogen-bond donors (Lipinski definition) is 1. The van der Waals surface area contributed by atoms with Crippen LogP contribution in [0.2, 0.25) is 0 Å². The highest BCUT2D eigenvalue weighted by Crippen LogP contribution is 2.20. The van der Waals surface area contributed by atoms with Gasteiger partial charge in [0.15, 0.2) is 0 Å². The number of rotatable bonds is 3. The highest BCUT2D eigenvalue weighted by atomic mass is 16.5. The maximum Gasteiger partial charge on any atom is 0.341 e. The zero-order chi connectivity index (χ0) is 19.1. The summed E-state index contributed by atoms with van der Waals surface area (Å²) in [4.78, 5) is 22.0. The van der Waals surface area contributed by atoms with Gasteiger partial charge >= 0.3 is 11.9 Å². The van der Waals surface area contributed by atoms with Crippen molar-refractivity contribution in [3.8, 4) is 5.75 Å². The van der Waals surface area contributed by atoms with Crippen LogP contribution in [0.5, 0.6) is 5.75 Å².